The van der Waals surface area contributed by atoms with Crippen molar-refractivity contribution in [1.82, 2.24) is 5.43 Å². The van der Waals surface area contributed by atoms with Crippen molar-refractivity contribution in [3.8, 4) is 5.75 Å². The summed E-state index contributed by atoms with van der Waals surface area (Å²) in [5.74, 6) is 0.0822. The SMILES string of the molecule is CC(=O)Nc1ccc(C(=O)N/N=C/c2cc(Cl)ccc2OC(C)C)cc1. The highest BCUT2D eigenvalue weighted by atomic mass is 35.5. The van der Waals surface area contributed by atoms with Gasteiger partial charge in [0.25, 0.3) is 5.91 Å². The first-order chi connectivity index (χ1) is 12.3. The molecule has 0 aromatic heterocycles. The van der Waals surface area contributed by atoms with E-state index in [1.54, 1.807) is 42.5 Å². The molecule has 2 aromatic carbocycles. The molecule has 0 fully saturated rings. The fourth-order valence-electron chi connectivity index (χ4n) is 2.11. The maximum atomic E-state index is 12.1. The van der Waals surface area contributed by atoms with E-state index in [1.165, 1.54) is 13.1 Å². The molecule has 0 radical (unpaired) electrons. The molecule has 0 spiro atoms. The van der Waals surface area contributed by atoms with E-state index in [0.717, 1.165) is 0 Å². The minimum absolute atomic E-state index is 0.0000399. The lowest BCUT2D eigenvalue weighted by molar-refractivity contribution is -0.114. The number of ether oxygens (including phenoxy) is 1. The zero-order valence-electron chi connectivity index (χ0n) is 14.7. The average Bonchev–Trinajstić information content (AvgIpc) is 2.57. The zero-order valence-corrected chi connectivity index (χ0v) is 15.5. The summed E-state index contributed by atoms with van der Waals surface area (Å²) in [6.07, 6.45) is 1.48. The van der Waals surface area contributed by atoms with E-state index in [-0.39, 0.29) is 17.9 Å². The van der Waals surface area contributed by atoms with Crippen LogP contribution in [0.1, 0.15) is 36.7 Å². The lowest BCUT2D eigenvalue weighted by Gasteiger charge is -2.12. The van der Waals surface area contributed by atoms with Crippen molar-refractivity contribution in [3.05, 3.63) is 58.6 Å². The Labute approximate surface area is 157 Å². The molecule has 2 N–H and O–H groups in total. The molecule has 6 nitrogen and oxygen atoms in total. The second-order valence-corrected chi connectivity index (χ2v) is 6.24. The van der Waals surface area contributed by atoms with E-state index in [9.17, 15) is 9.59 Å². The second-order valence-electron chi connectivity index (χ2n) is 5.81. The summed E-state index contributed by atoms with van der Waals surface area (Å²) in [5, 5.41) is 7.14. The molecule has 2 rings (SSSR count). The van der Waals surface area contributed by atoms with Gasteiger partial charge in [-0.2, -0.15) is 5.10 Å². The van der Waals surface area contributed by atoms with E-state index in [0.29, 0.717) is 27.6 Å². The largest absolute Gasteiger partial charge is 0.490 e. The quantitative estimate of drug-likeness (QED) is 0.596. The van der Waals surface area contributed by atoms with Crippen molar-refractivity contribution in [2.24, 2.45) is 5.10 Å². The van der Waals surface area contributed by atoms with Crippen LogP contribution < -0.4 is 15.5 Å². The third-order valence-electron chi connectivity index (χ3n) is 3.17. The number of benzene rings is 2. The summed E-state index contributed by atoms with van der Waals surface area (Å²) in [4.78, 5) is 23.1. The standard InChI is InChI=1S/C19H20ClN3O3/c1-12(2)26-18-9-6-16(20)10-15(18)11-21-23-19(25)14-4-7-17(8-5-14)22-13(3)24/h4-12H,1-3H3,(H,22,24)(H,23,25)/b21-11+. The fraction of sp³-hybridized carbons (Fsp3) is 0.211. The van der Waals surface area contributed by atoms with E-state index >= 15 is 0 Å². The first kappa shape index (κ1) is 19.5. The number of hydrogen-bond donors (Lipinski definition) is 2. The van der Waals surface area contributed by atoms with Crippen molar-refractivity contribution in [2.45, 2.75) is 26.9 Å². The summed E-state index contributed by atoms with van der Waals surface area (Å²) in [6, 6.07) is 11.7. The van der Waals surface area contributed by atoms with Crippen molar-refractivity contribution < 1.29 is 14.3 Å². The summed E-state index contributed by atoms with van der Waals surface area (Å²) < 4.78 is 5.69. The summed E-state index contributed by atoms with van der Waals surface area (Å²) >= 11 is 6.01. The Kier molecular flexibility index (Phi) is 6.74. The van der Waals surface area contributed by atoms with Gasteiger partial charge < -0.3 is 10.1 Å². The lowest BCUT2D eigenvalue weighted by atomic mass is 10.2. The zero-order chi connectivity index (χ0) is 19.1. The van der Waals surface area contributed by atoms with E-state index < -0.39 is 0 Å². The maximum absolute atomic E-state index is 12.1. The van der Waals surface area contributed by atoms with Gasteiger partial charge in [0.15, 0.2) is 0 Å². The highest BCUT2D eigenvalue weighted by Gasteiger charge is 2.07. The van der Waals surface area contributed by atoms with E-state index in [2.05, 4.69) is 15.8 Å². The highest BCUT2D eigenvalue weighted by Crippen LogP contribution is 2.22. The van der Waals surface area contributed by atoms with E-state index in [1.807, 2.05) is 13.8 Å². The molecule has 0 atom stereocenters. The van der Waals surface area contributed by atoms with Crippen molar-refractivity contribution in [2.75, 3.05) is 5.32 Å². The average molecular weight is 374 g/mol. The van der Waals surface area contributed by atoms with Gasteiger partial charge in [-0.3, -0.25) is 9.59 Å². The molecule has 0 unspecified atom stereocenters. The predicted molar refractivity (Wildman–Crippen MR) is 103 cm³/mol. The number of anilines is 1. The Morgan fingerprint density at radius 3 is 2.46 bits per heavy atom. The molecule has 0 saturated carbocycles. The van der Waals surface area contributed by atoms with Crippen LogP contribution in [0.4, 0.5) is 5.69 Å². The van der Waals surface area contributed by atoms with Crippen LogP contribution in [0, 0.1) is 0 Å². The number of nitrogens with one attached hydrogen (secondary N) is 2. The first-order valence-corrected chi connectivity index (χ1v) is 8.40. The molecule has 0 bridgehead atoms. The number of hydrogen-bond acceptors (Lipinski definition) is 4. The van der Waals surface area contributed by atoms with Gasteiger partial charge in [0.05, 0.1) is 12.3 Å². The number of rotatable bonds is 6. The molecule has 26 heavy (non-hydrogen) atoms. The molecule has 0 aliphatic carbocycles. The molecule has 0 saturated heterocycles. The lowest BCUT2D eigenvalue weighted by Crippen LogP contribution is -2.18. The van der Waals surface area contributed by atoms with Crippen LogP contribution in [-0.4, -0.2) is 24.1 Å². The monoisotopic (exact) mass is 373 g/mol. The number of amides is 2. The van der Waals surface area contributed by atoms with E-state index in [4.69, 9.17) is 16.3 Å². The van der Waals surface area contributed by atoms with Crippen LogP contribution in [0.25, 0.3) is 0 Å². The van der Waals surface area contributed by atoms with Gasteiger partial charge in [-0.1, -0.05) is 11.6 Å². The molecule has 0 aliphatic heterocycles. The van der Waals surface area contributed by atoms with Gasteiger partial charge in [-0.15, -0.1) is 0 Å². The topological polar surface area (TPSA) is 79.8 Å². The van der Waals surface area contributed by atoms with Crippen molar-refractivity contribution >= 4 is 35.3 Å². The number of halogens is 1. The minimum Gasteiger partial charge on any atom is -0.490 e. The van der Waals surface area contributed by atoms with Crippen LogP contribution in [0.5, 0.6) is 5.75 Å². The number of nitrogens with zero attached hydrogens (tertiary/aromatic N) is 1. The first-order valence-electron chi connectivity index (χ1n) is 8.02. The van der Waals surface area contributed by atoms with Gasteiger partial charge in [-0.25, -0.2) is 5.43 Å². The molecule has 2 aromatic rings. The van der Waals surface area contributed by atoms with Crippen LogP contribution in [0.3, 0.4) is 0 Å². The van der Waals surface area contributed by atoms with Crippen LogP contribution in [0.15, 0.2) is 47.6 Å². The van der Waals surface area contributed by atoms with Crippen molar-refractivity contribution in [1.29, 1.82) is 0 Å². The number of carbonyl (C=O) groups excluding carboxylic acids is 2. The Bertz CT molecular complexity index is 817. The third-order valence-corrected chi connectivity index (χ3v) is 3.41. The van der Waals surface area contributed by atoms with Gasteiger partial charge in [0, 0.05) is 28.8 Å². The van der Waals surface area contributed by atoms with Crippen LogP contribution >= 0.6 is 11.6 Å². The summed E-state index contributed by atoms with van der Waals surface area (Å²) in [5.41, 5.74) is 4.15. The molecule has 0 heterocycles. The second kappa shape index (κ2) is 9.01. The summed E-state index contributed by atoms with van der Waals surface area (Å²) in [7, 11) is 0. The highest BCUT2D eigenvalue weighted by molar-refractivity contribution is 6.30. The smallest absolute Gasteiger partial charge is 0.271 e. The van der Waals surface area contributed by atoms with Gasteiger partial charge in [0.1, 0.15) is 5.75 Å². The normalized spacial score (nSPS) is 10.8. The minimum atomic E-state index is -0.371. The number of carbonyl (C=O) groups is 2. The molecule has 7 heteroatoms. The van der Waals surface area contributed by atoms with Gasteiger partial charge >= 0.3 is 0 Å². The van der Waals surface area contributed by atoms with Gasteiger partial charge in [0.2, 0.25) is 5.91 Å². The van der Waals surface area contributed by atoms with Gasteiger partial charge in [-0.05, 0) is 56.3 Å². The molecule has 136 valence electrons. The predicted octanol–water partition coefficient (Wildman–Crippen LogP) is 3.85. The third kappa shape index (κ3) is 5.89. The van der Waals surface area contributed by atoms with Crippen molar-refractivity contribution in [3.63, 3.8) is 0 Å². The molecular formula is C19H20ClN3O3. The van der Waals surface area contributed by atoms with Crippen LogP contribution in [0.2, 0.25) is 5.02 Å². The Hall–Kier alpha value is -2.86. The Balaban J connectivity index is 2.04. The molecule has 2 amide bonds. The Morgan fingerprint density at radius 1 is 1.15 bits per heavy atom. The molecule has 0 aliphatic rings. The fourth-order valence-corrected chi connectivity index (χ4v) is 2.30. The number of hydrazone groups is 1. The summed E-state index contributed by atoms with van der Waals surface area (Å²) in [6.45, 7) is 5.26. The maximum Gasteiger partial charge on any atom is 0.271 e. The molecular weight excluding hydrogens is 354 g/mol. The van der Waals surface area contributed by atoms with Crippen LogP contribution in [-0.2, 0) is 4.79 Å². The Morgan fingerprint density at radius 2 is 1.85 bits per heavy atom.